The average molecular weight is 286 g/mol. The lowest BCUT2D eigenvalue weighted by molar-refractivity contribution is 0.398. The van der Waals surface area contributed by atoms with Crippen molar-refractivity contribution < 1.29 is 12.8 Å². The summed E-state index contributed by atoms with van der Waals surface area (Å²) in [6.07, 6.45) is 3.35. The Morgan fingerprint density at radius 1 is 1.42 bits per heavy atom. The van der Waals surface area contributed by atoms with Crippen molar-refractivity contribution in [2.45, 2.75) is 50.8 Å². The maximum Gasteiger partial charge on any atom is 0.274 e. The van der Waals surface area contributed by atoms with Crippen molar-refractivity contribution in [1.82, 2.24) is 10.0 Å². The summed E-state index contributed by atoms with van der Waals surface area (Å²) in [7, 11) is -3.53. The van der Waals surface area contributed by atoms with Crippen LogP contribution in [-0.4, -0.2) is 21.0 Å². The molecule has 5 nitrogen and oxygen atoms in total. The van der Waals surface area contributed by atoms with Crippen molar-refractivity contribution in [2.24, 2.45) is 5.92 Å². The minimum atomic E-state index is -3.53. The second-order valence-corrected chi connectivity index (χ2v) is 6.85. The van der Waals surface area contributed by atoms with Gasteiger partial charge in [-0.3, -0.25) is 0 Å². The van der Waals surface area contributed by atoms with Gasteiger partial charge in [-0.05, 0) is 37.9 Å². The Kier molecular flexibility index (Phi) is 4.65. The lowest BCUT2D eigenvalue weighted by Crippen LogP contribution is -2.32. The third-order valence-electron chi connectivity index (χ3n) is 3.19. The maximum atomic E-state index is 12.1. The van der Waals surface area contributed by atoms with E-state index < -0.39 is 10.0 Å². The van der Waals surface area contributed by atoms with E-state index in [0.29, 0.717) is 18.2 Å². The van der Waals surface area contributed by atoms with Gasteiger partial charge < -0.3 is 9.73 Å². The van der Waals surface area contributed by atoms with Gasteiger partial charge in [-0.2, -0.15) is 0 Å². The molecule has 1 unspecified atom stereocenters. The summed E-state index contributed by atoms with van der Waals surface area (Å²) in [5.74, 6) is 1.33. The van der Waals surface area contributed by atoms with Crippen LogP contribution in [0.2, 0.25) is 0 Å². The molecule has 2 N–H and O–H groups in total. The first-order valence-electron chi connectivity index (χ1n) is 6.83. The van der Waals surface area contributed by atoms with Gasteiger partial charge in [-0.1, -0.05) is 19.8 Å². The number of hydrogen-bond donors (Lipinski definition) is 2. The van der Waals surface area contributed by atoms with Gasteiger partial charge in [0.05, 0.1) is 6.54 Å². The molecule has 0 spiro atoms. The number of hydrogen-bond acceptors (Lipinski definition) is 4. The molecule has 2 rings (SSSR count). The van der Waals surface area contributed by atoms with Crippen LogP contribution in [0, 0.1) is 5.92 Å². The summed E-state index contributed by atoms with van der Waals surface area (Å²) in [4.78, 5) is 0. The zero-order chi connectivity index (χ0) is 13.9. The molecule has 1 atom stereocenters. The summed E-state index contributed by atoms with van der Waals surface area (Å²) in [5, 5.41) is 3.10. The molecule has 1 saturated carbocycles. The Bertz CT molecular complexity index is 506. The SMILES string of the molecule is CCNCc1ccc(S(=O)(=O)NC(C)CC2CC2)o1. The minimum Gasteiger partial charge on any atom is -0.447 e. The van der Waals surface area contributed by atoms with Crippen molar-refractivity contribution >= 4 is 10.0 Å². The largest absolute Gasteiger partial charge is 0.447 e. The molecule has 1 heterocycles. The maximum absolute atomic E-state index is 12.1. The number of furan rings is 1. The van der Waals surface area contributed by atoms with Crippen molar-refractivity contribution in [3.05, 3.63) is 17.9 Å². The van der Waals surface area contributed by atoms with Gasteiger partial charge in [-0.15, -0.1) is 0 Å². The number of rotatable bonds is 8. The quantitative estimate of drug-likeness (QED) is 0.765. The summed E-state index contributed by atoms with van der Waals surface area (Å²) < 4.78 is 32.2. The minimum absolute atomic E-state index is 0.00282. The first-order valence-corrected chi connectivity index (χ1v) is 8.31. The molecular formula is C13H22N2O3S. The van der Waals surface area contributed by atoms with Crippen LogP contribution in [0.15, 0.2) is 21.6 Å². The Morgan fingerprint density at radius 3 is 2.79 bits per heavy atom. The smallest absolute Gasteiger partial charge is 0.274 e. The molecule has 1 aliphatic carbocycles. The monoisotopic (exact) mass is 286 g/mol. The molecule has 1 aliphatic rings. The van der Waals surface area contributed by atoms with Crippen LogP contribution in [0.25, 0.3) is 0 Å². The van der Waals surface area contributed by atoms with Gasteiger partial charge >= 0.3 is 0 Å². The van der Waals surface area contributed by atoms with E-state index in [1.807, 2.05) is 13.8 Å². The Hall–Kier alpha value is -0.850. The van der Waals surface area contributed by atoms with Crippen molar-refractivity contribution in [2.75, 3.05) is 6.54 Å². The first kappa shape index (κ1) is 14.6. The van der Waals surface area contributed by atoms with Gasteiger partial charge in [0.2, 0.25) is 5.09 Å². The predicted octanol–water partition coefficient (Wildman–Crippen LogP) is 1.86. The zero-order valence-corrected chi connectivity index (χ0v) is 12.3. The van der Waals surface area contributed by atoms with Crippen LogP contribution in [0.3, 0.4) is 0 Å². The summed E-state index contributed by atoms with van der Waals surface area (Å²) in [5.41, 5.74) is 0. The second kappa shape index (κ2) is 6.07. The zero-order valence-electron chi connectivity index (χ0n) is 11.5. The van der Waals surface area contributed by atoms with Crippen molar-refractivity contribution in [1.29, 1.82) is 0 Å². The van der Waals surface area contributed by atoms with Gasteiger partial charge in [0.15, 0.2) is 0 Å². The average Bonchev–Trinajstić information content (AvgIpc) is 3.00. The van der Waals surface area contributed by atoms with Crippen LogP contribution < -0.4 is 10.0 Å². The highest BCUT2D eigenvalue weighted by atomic mass is 32.2. The van der Waals surface area contributed by atoms with E-state index >= 15 is 0 Å². The van der Waals surface area contributed by atoms with Crippen LogP contribution in [0.4, 0.5) is 0 Å². The molecule has 1 aromatic rings. The van der Waals surface area contributed by atoms with Crippen LogP contribution in [0.5, 0.6) is 0 Å². The Balaban J connectivity index is 1.95. The third-order valence-corrected chi connectivity index (χ3v) is 4.65. The highest BCUT2D eigenvalue weighted by molar-refractivity contribution is 7.89. The predicted molar refractivity (Wildman–Crippen MR) is 73.2 cm³/mol. The van der Waals surface area contributed by atoms with Crippen molar-refractivity contribution in [3.63, 3.8) is 0 Å². The Labute approximate surface area is 114 Å². The molecule has 19 heavy (non-hydrogen) atoms. The van der Waals surface area contributed by atoms with E-state index in [1.54, 1.807) is 6.07 Å². The lowest BCUT2D eigenvalue weighted by atomic mass is 10.2. The highest BCUT2D eigenvalue weighted by Gasteiger charge is 2.27. The van der Waals surface area contributed by atoms with Gasteiger partial charge in [-0.25, -0.2) is 13.1 Å². The van der Waals surface area contributed by atoms with Crippen LogP contribution in [0.1, 0.15) is 38.9 Å². The van der Waals surface area contributed by atoms with E-state index in [2.05, 4.69) is 10.0 Å². The molecule has 1 aromatic heterocycles. The lowest BCUT2D eigenvalue weighted by Gasteiger charge is -2.12. The van der Waals surface area contributed by atoms with E-state index in [4.69, 9.17) is 4.42 Å². The summed E-state index contributed by atoms with van der Waals surface area (Å²) >= 11 is 0. The summed E-state index contributed by atoms with van der Waals surface area (Å²) in [6, 6.07) is 3.17. The number of sulfonamides is 1. The van der Waals surface area contributed by atoms with Gasteiger partial charge in [0.25, 0.3) is 10.0 Å². The molecule has 6 heteroatoms. The fourth-order valence-corrected chi connectivity index (χ4v) is 3.28. The molecule has 108 valence electrons. The fourth-order valence-electron chi connectivity index (χ4n) is 2.07. The molecule has 0 radical (unpaired) electrons. The molecule has 0 aliphatic heterocycles. The molecule has 1 fully saturated rings. The van der Waals surface area contributed by atoms with Crippen LogP contribution >= 0.6 is 0 Å². The summed E-state index contributed by atoms with van der Waals surface area (Å²) in [6.45, 7) is 5.25. The van der Waals surface area contributed by atoms with Crippen molar-refractivity contribution in [3.8, 4) is 0 Å². The van der Waals surface area contributed by atoms with Gasteiger partial charge in [0.1, 0.15) is 5.76 Å². The highest BCUT2D eigenvalue weighted by Crippen LogP contribution is 2.33. The van der Waals surface area contributed by atoms with E-state index in [0.717, 1.165) is 13.0 Å². The van der Waals surface area contributed by atoms with E-state index in [9.17, 15) is 8.42 Å². The van der Waals surface area contributed by atoms with E-state index in [1.165, 1.54) is 18.9 Å². The molecule has 0 aromatic carbocycles. The standard InChI is InChI=1S/C13H22N2O3S/c1-3-14-9-12-6-7-13(18-12)19(16,17)15-10(2)8-11-4-5-11/h6-7,10-11,14-15H,3-5,8-9H2,1-2H3. The molecule has 0 bridgehead atoms. The molecular weight excluding hydrogens is 264 g/mol. The first-order chi connectivity index (χ1) is 9.01. The molecule has 0 saturated heterocycles. The van der Waals surface area contributed by atoms with Crippen LogP contribution in [-0.2, 0) is 16.6 Å². The molecule has 0 amide bonds. The normalized spacial score (nSPS) is 17.6. The second-order valence-electron chi connectivity index (χ2n) is 5.20. The Morgan fingerprint density at radius 2 is 2.16 bits per heavy atom. The number of nitrogens with one attached hydrogen (secondary N) is 2. The van der Waals surface area contributed by atoms with Gasteiger partial charge in [0, 0.05) is 6.04 Å². The fraction of sp³-hybridized carbons (Fsp3) is 0.692. The third kappa shape index (κ3) is 4.33. The van der Waals surface area contributed by atoms with E-state index in [-0.39, 0.29) is 11.1 Å². The topological polar surface area (TPSA) is 71.3 Å².